The molecular formula is C16H24N2O3S. The number of hydrogen-bond donors (Lipinski definition) is 0. The molecule has 22 heavy (non-hydrogen) atoms. The van der Waals surface area contributed by atoms with E-state index in [2.05, 4.69) is 10.4 Å². The Morgan fingerprint density at radius 1 is 1.59 bits per heavy atom. The van der Waals surface area contributed by atoms with Crippen molar-refractivity contribution in [3.05, 3.63) is 16.1 Å². The van der Waals surface area contributed by atoms with Gasteiger partial charge in [-0.05, 0) is 19.8 Å². The number of amides is 1. The summed E-state index contributed by atoms with van der Waals surface area (Å²) >= 11 is 1.65. The fourth-order valence-corrected chi connectivity index (χ4v) is 3.82. The van der Waals surface area contributed by atoms with E-state index in [1.54, 1.807) is 11.3 Å². The number of aromatic nitrogens is 1. The molecule has 0 unspecified atom stereocenters. The summed E-state index contributed by atoms with van der Waals surface area (Å²) in [6.07, 6.45) is 3.56. The number of carbonyl (C=O) groups excluding carboxylic acids is 1. The van der Waals surface area contributed by atoms with Gasteiger partial charge in [0.15, 0.2) is 0 Å². The lowest BCUT2D eigenvalue weighted by Gasteiger charge is -2.53. The third-order valence-corrected chi connectivity index (χ3v) is 5.18. The highest BCUT2D eigenvalue weighted by molar-refractivity contribution is 7.09. The van der Waals surface area contributed by atoms with Gasteiger partial charge in [-0.2, -0.15) is 0 Å². The molecule has 0 N–H and O–H groups in total. The summed E-state index contributed by atoms with van der Waals surface area (Å²) in [6, 6.07) is 0. The third kappa shape index (κ3) is 3.50. The number of hydrogen-bond acceptors (Lipinski definition) is 5. The molecule has 1 amide bonds. The Morgan fingerprint density at radius 2 is 2.41 bits per heavy atom. The summed E-state index contributed by atoms with van der Waals surface area (Å²) in [7, 11) is 0. The molecular weight excluding hydrogens is 300 g/mol. The largest absolute Gasteiger partial charge is 0.372 e. The molecule has 5 nitrogen and oxygen atoms in total. The van der Waals surface area contributed by atoms with Gasteiger partial charge in [-0.1, -0.05) is 6.92 Å². The van der Waals surface area contributed by atoms with E-state index in [0.717, 1.165) is 49.7 Å². The number of thiazole rings is 1. The van der Waals surface area contributed by atoms with Crippen molar-refractivity contribution in [1.82, 2.24) is 9.88 Å². The van der Waals surface area contributed by atoms with Crippen molar-refractivity contribution < 1.29 is 14.3 Å². The van der Waals surface area contributed by atoms with Crippen LogP contribution in [0.15, 0.2) is 5.38 Å². The normalized spacial score (nSPS) is 23.5. The highest BCUT2D eigenvalue weighted by atomic mass is 32.1. The molecule has 1 aromatic heterocycles. The maximum atomic E-state index is 11.9. The summed E-state index contributed by atoms with van der Waals surface area (Å²) in [5, 5.41) is 3.13. The highest BCUT2D eigenvalue weighted by Gasteiger charge is 2.49. The van der Waals surface area contributed by atoms with Crippen LogP contribution in [0.2, 0.25) is 0 Å². The first-order valence-corrected chi connectivity index (χ1v) is 8.92. The fraction of sp³-hybridized carbons (Fsp3) is 0.750. The second kappa shape index (κ2) is 6.64. The minimum atomic E-state index is -0.162. The summed E-state index contributed by atoms with van der Waals surface area (Å²) in [4.78, 5) is 18.2. The van der Waals surface area contributed by atoms with Gasteiger partial charge >= 0.3 is 0 Å². The zero-order valence-electron chi connectivity index (χ0n) is 13.3. The molecule has 3 rings (SSSR count). The van der Waals surface area contributed by atoms with Crippen molar-refractivity contribution in [2.75, 3.05) is 19.7 Å². The predicted molar refractivity (Wildman–Crippen MR) is 84.8 cm³/mol. The Hall–Kier alpha value is -0.980. The molecule has 1 spiro atoms. The van der Waals surface area contributed by atoms with Crippen LogP contribution in [0, 0.1) is 6.92 Å². The Balaban J connectivity index is 1.47. The lowest BCUT2D eigenvalue weighted by molar-refractivity contribution is -0.202. The van der Waals surface area contributed by atoms with E-state index in [1.807, 2.05) is 18.7 Å². The number of ether oxygens (including phenoxy) is 2. The van der Waals surface area contributed by atoms with Crippen molar-refractivity contribution in [3.8, 4) is 0 Å². The average Bonchev–Trinajstić information content (AvgIpc) is 2.89. The van der Waals surface area contributed by atoms with Crippen molar-refractivity contribution >= 4 is 17.2 Å². The summed E-state index contributed by atoms with van der Waals surface area (Å²) in [5.74, 6) is 0.248. The second-order valence-electron chi connectivity index (χ2n) is 6.31. The van der Waals surface area contributed by atoms with Crippen molar-refractivity contribution in [3.63, 3.8) is 0 Å². The van der Waals surface area contributed by atoms with Crippen molar-refractivity contribution in [1.29, 1.82) is 0 Å². The second-order valence-corrected chi connectivity index (χ2v) is 7.38. The average molecular weight is 324 g/mol. The van der Waals surface area contributed by atoms with Crippen LogP contribution in [-0.4, -0.2) is 47.2 Å². The molecule has 122 valence electrons. The molecule has 1 atom stereocenters. The van der Waals surface area contributed by atoms with Crippen molar-refractivity contribution in [2.45, 2.75) is 57.8 Å². The molecule has 0 radical (unpaired) electrons. The maximum Gasteiger partial charge on any atom is 0.222 e. The van der Waals surface area contributed by atoms with Crippen LogP contribution in [0.1, 0.15) is 43.3 Å². The number of aryl methyl sites for hydroxylation is 1. The topological polar surface area (TPSA) is 51.7 Å². The van der Waals surface area contributed by atoms with Crippen LogP contribution in [-0.2, 0) is 20.9 Å². The molecule has 0 aromatic carbocycles. The van der Waals surface area contributed by atoms with E-state index in [0.29, 0.717) is 13.0 Å². The SMILES string of the molecule is CCCC(=O)N1CC2(C[C@@H](OCc3csc(C)n3)CCO2)C1. The number of carbonyl (C=O) groups is 1. The smallest absolute Gasteiger partial charge is 0.222 e. The minimum absolute atomic E-state index is 0.162. The lowest BCUT2D eigenvalue weighted by atomic mass is 9.84. The zero-order valence-corrected chi connectivity index (χ0v) is 14.2. The molecule has 3 heterocycles. The first-order valence-electron chi connectivity index (χ1n) is 8.04. The molecule has 2 aliphatic rings. The van der Waals surface area contributed by atoms with Gasteiger partial charge in [0.1, 0.15) is 5.60 Å². The van der Waals surface area contributed by atoms with Crippen LogP contribution >= 0.6 is 11.3 Å². The molecule has 2 saturated heterocycles. The quantitative estimate of drug-likeness (QED) is 0.835. The van der Waals surface area contributed by atoms with Crippen LogP contribution in [0.25, 0.3) is 0 Å². The fourth-order valence-electron chi connectivity index (χ4n) is 3.22. The zero-order chi connectivity index (χ0) is 15.6. The van der Waals surface area contributed by atoms with Crippen LogP contribution in [0.3, 0.4) is 0 Å². The van der Waals surface area contributed by atoms with E-state index in [4.69, 9.17) is 9.47 Å². The highest BCUT2D eigenvalue weighted by Crippen LogP contribution is 2.36. The minimum Gasteiger partial charge on any atom is -0.372 e. The molecule has 0 bridgehead atoms. The summed E-state index contributed by atoms with van der Waals surface area (Å²) in [5.41, 5.74) is 0.848. The Morgan fingerprint density at radius 3 is 3.09 bits per heavy atom. The monoisotopic (exact) mass is 324 g/mol. The maximum absolute atomic E-state index is 11.9. The Bertz CT molecular complexity index is 525. The van der Waals surface area contributed by atoms with Gasteiger partial charge in [-0.3, -0.25) is 4.79 Å². The molecule has 1 aromatic rings. The first-order chi connectivity index (χ1) is 10.6. The molecule has 6 heteroatoms. The molecule has 2 aliphatic heterocycles. The van der Waals surface area contributed by atoms with Crippen LogP contribution < -0.4 is 0 Å². The van der Waals surface area contributed by atoms with Gasteiger partial charge in [-0.15, -0.1) is 11.3 Å². The van der Waals surface area contributed by atoms with Gasteiger partial charge in [0.2, 0.25) is 5.91 Å². The van der Waals surface area contributed by atoms with Gasteiger partial charge < -0.3 is 14.4 Å². The number of nitrogens with zero attached hydrogens (tertiary/aromatic N) is 2. The molecule has 2 fully saturated rings. The van der Waals surface area contributed by atoms with E-state index < -0.39 is 0 Å². The summed E-state index contributed by atoms with van der Waals surface area (Å²) in [6.45, 7) is 6.78. The molecule has 0 aliphatic carbocycles. The van der Waals surface area contributed by atoms with Gasteiger partial charge in [0.05, 0.1) is 36.5 Å². The molecule has 0 saturated carbocycles. The van der Waals surface area contributed by atoms with Gasteiger partial charge in [0, 0.05) is 24.8 Å². The van der Waals surface area contributed by atoms with Crippen LogP contribution in [0.5, 0.6) is 0 Å². The number of rotatable bonds is 5. The van der Waals surface area contributed by atoms with E-state index >= 15 is 0 Å². The number of likely N-dealkylation sites (tertiary alicyclic amines) is 1. The standard InChI is InChI=1S/C16H24N2O3S/c1-3-4-15(19)18-10-16(11-18)7-14(5-6-21-16)20-8-13-9-22-12(2)17-13/h9,14H,3-8,10-11H2,1-2H3/t14-/m0/s1. The third-order valence-electron chi connectivity index (χ3n) is 4.36. The van der Waals surface area contributed by atoms with E-state index in [1.165, 1.54) is 0 Å². The summed E-state index contributed by atoms with van der Waals surface area (Å²) < 4.78 is 12.0. The van der Waals surface area contributed by atoms with E-state index in [-0.39, 0.29) is 17.6 Å². The first kappa shape index (κ1) is 15.9. The van der Waals surface area contributed by atoms with Crippen LogP contribution in [0.4, 0.5) is 0 Å². The van der Waals surface area contributed by atoms with Crippen molar-refractivity contribution in [2.24, 2.45) is 0 Å². The van der Waals surface area contributed by atoms with Gasteiger partial charge in [-0.25, -0.2) is 4.98 Å². The van der Waals surface area contributed by atoms with E-state index in [9.17, 15) is 4.79 Å². The van der Waals surface area contributed by atoms with Gasteiger partial charge in [0.25, 0.3) is 0 Å². The lowest BCUT2D eigenvalue weighted by Crippen LogP contribution is -2.67. The Kier molecular flexibility index (Phi) is 4.80. The Labute approximate surface area is 135 Å². The predicted octanol–water partition coefficient (Wildman–Crippen LogP) is 2.53.